The van der Waals surface area contributed by atoms with Gasteiger partial charge in [0.15, 0.2) is 0 Å². The van der Waals surface area contributed by atoms with Crippen molar-refractivity contribution in [2.75, 3.05) is 6.61 Å². The molecule has 0 aliphatic rings. The number of amides is 3. The molecule has 0 fully saturated rings. The smallest absolute Gasteiger partial charge is 0.355 e. The Hall–Kier alpha value is -2.31. The molecule has 0 saturated heterocycles. The van der Waals surface area contributed by atoms with Gasteiger partial charge in [0.05, 0.1) is 6.61 Å². The maximum Gasteiger partial charge on any atom is 0.355 e. The first-order valence-electron chi connectivity index (χ1n) is 5.37. The highest BCUT2D eigenvalue weighted by molar-refractivity contribution is 5.94. The van der Waals surface area contributed by atoms with Crippen molar-refractivity contribution in [3.8, 4) is 0 Å². The fourth-order valence-electron chi connectivity index (χ4n) is 1.52. The summed E-state index contributed by atoms with van der Waals surface area (Å²) in [7, 11) is 0. The van der Waals surface area contributed by atoms with Crippen molar-refractivity contribution in [2.45, 2.75) is 20.4 Å². The van der Waals surface area contributed by atoms with Crippen LogP contribution in [-0.2, 0) is 16.1 Å². The Bertz CT molecular complexity index is 479. The first-order valence-corrected chi connectivity index (χ1v) is 5.37. The number of hydrogen-bond donors (Lipinski definition) is 2. The lowest BCUT2D eigenvalue weighted by atomic mass is 10.3. The third-order valence-electron chi connectivity index (χ3n) is 2.21. The van der Waals surface area contributed by atoms with Crippen molar-refractivity contribution in [1.29, 1.82) is 0 Å². The number of urea groups is 1. The number of carbonyl (C=O) groups is 3. The second-order valence-electron chi connectivity index (χ2n) is 3.61. The molecule has 18 heavy (non-hydrogen) atoms. The van der Waals surface area contributed by atoms with E-state index in [0.717, 1.165) is 0 Å². The lowest BCUT2D eigenvalue weighted by Gasteiger charge is -2.08. The predicted octanol–water partition coefficient (Wildman–Crippen LogP) is 0.168. The molecule has 98 valence electrons. The summed E-state index contributed by atoms with van der Waals surface area (Å²) in [5, 5.41) is 1.93. The van der Waals surface area contributed by atoms with Crippen LogP contribution >= 0.6 is 0 Å². The molecule has 0 aromatic carbocycles. The second-order valence-corrected chi connectivity index (χ2v) is 3.61. The van der Waals surface area contributed by atoms with Gasteiger partial charge in [0, 0.05) is 6.20 Å². The van der Waals surface area contributed by atoms with Gasteiger partial charge in [0.1, 0.15) is 12.2 Å². The number of imide groups is 1. The number of primary amides is 1. The zero-order chi connectivity index (χ0) is 13.7. The van der Waals surface area contributed by atoms with Gasteiger partial charge in [-0.25, -0.2) is 9.59 Å². The van der Waals surface area contributed by atoms with Gasteiger partial charge in [0.25, 0.3) is 0 Å². The normalized spacial score (nSPS) is 9.89. The number of esters is 1. The molecule has 1 aromatic heterocycles. The summed E-state index contributed by atoms with van der Waals surface area (Å²) in [6.07, 6.45) is 1.57. The van der Waals surface area contributed by atoms with Crippen molar-refractivity contribution in [2.24, 2.45) is 5.73 Å². The Morgan fingerprint density at radius 3 is 2.67 bits per heavy atom. The van der Waals surface area contributed by atoms with Crippen molar-refractivity contribution < 1.29 is 19.1 Å². The van der Waals surface area contributed by atoms with Gasteiger partial charge in [-0.1, -0.05) is 0 Å². The molecular formula is C11H15N3O4. The van der Waals surface area contributed by atoms with Crippen LogP contribution in [0.25, 0.3) is 0 Å². The number of aryl methyl sites for hydroxylation is 1. The Labute approximate surface area is 104 Å². The molecule has 1 aromatic rings. The number of carbonyl (C=O) groups excluding carboxylic acids is 3. The van der Waals surface area contributed by atoms with E-state index >= 15 is 0 Å². The van der Waals surface area contributed by atoms with Gasteiger partial charge in [-0.2, -0.15) is 0 Å². The van der Waals surface area contributed by atoms with Crippen molar-refractivity contribution in [3.63, 3.8) is 0 Å². The van der Waals surface area contributed by atoms with Gasteiger partial charge in [-0.3, -0.25) is 10.1 Å². The fourth-order valence-corrected chi connectivity index (χ4v) is 1.52. The lowest BCUT2D eigenvalue weighted by Crippen LogP contribution is -2.37. The fraction of sp³-hybridized carbons (Fsp3) is 0.364. The molecular weight excluding hydrogens is 238 g/mol. The van der Waals surface area contributed by atoms with E-state index in [1.165, 1.54) is 4.57 Å². The molecule has 0 aliphatic carbocycles. The highest BCUT2D eigenvalue weighted by Gasteiger charge is 2.17. The highest BCUT2D eigenvalue weighted by Crippen LogP contribution is 2.11. The minimum atomic E-state index is -0.929. The number of rotatable bonds is 4. The maximum absolute atomic E-state index is 11.7. The number of nitrogens with one attached hydrogen (secondary N) is 1. The quantitative estimate of drug-likeness (QED) is 0.746. The van der Waals surface area contributed by atoms with Crippen molar-refractivity contribution in [1.82, 2.24) is 9.88 Å². The van der Waals surface area contributed by atoms with Crippen LogP contribution in [-0.4, -0.2) is 29.1 Å². The van der Waals surface area contributed by atoms with E-state index < -0.39 is 17.9 Å². The second kappa shape index (κ2) is 5.85. The van der Waals surface area contributed by atoms with Crippen molar-refractivity contribution in [3.05, 3.63) is 23.5 Å². The Kier molecular flexibility index (Phi) is 4.47. The summed E-state index contributed by atoms with van der Waals surface area (Å²) in [5.74, 6) is -1.10. The molecule has 0 bridgehead atoms. The van der Waals surface area contributed by atoms with Crippen LogP contribution in [0.1, 0.15) is 23.0 Å². The summed E-state index contributed by atoms with van der Waals surface area (Å²) < 4.78 is 6.30. The summed E-state index contributed by atoms with van der Waals surface area (Å²) in [4.78, 5) is 33.6. The Morgan fingerprint density at radius 2 is 2.11 bits per heavy atom. The van der Waals surface area contributed by atoms with E-state index in [-0.39, 0.29) is 18.8 Å². The molecule has 0 radical (unpaired) electrons. The predicted molar refractivity (Wildman–Crippen MR) is 62.9 cm³/mol. The van der Waals surface area contributed by atoms with E-state index in [0.29, 0.717) is 5.56 Å². The first kappa shape index (κ1) is 13.8. The van der Waals surface area contributed by atoms with Crippen molar-refractivity contribution >= 4 is 17.9 Å². The molecule has 0 spiro atoms. The molecule has 3 N–H and O–H groups in total. The molecule has 0 aliphatic heterocycles. The third kappa shape index (κ3) is 3.34. The van der Waals surface area contributed by atoms with Crippen LogP contribution in [0.15, 0.2) is 12.3 Å². The van der Waals surface area contributed by atoms with E-state index in [2.05, 4.69) is 0 Å². The zero-order valence-corrected chi connectivity index (χ0v) is 10.2. The molecule has 1 rings (SSSR count). The average molecular weight is 253 g/mol. The molecule has 7 heteroatoms. The Balaban J connectivity index is 2.87. The van der Waals surface area contributed by atoms with E-state index in [4.69, 9.17) is 10.5 Å². The average Bonchev–Trinajstić information content (AvgIpc) is 2.58. The number of aromatic nitrogens is 1. The molecule has 1 heterocycles. The molecule has 7 nitrogen and oxygen atoms in total. The topological polar surface area (TPSA) is 103 Å². The van der Waals surface area contributed by atoms with E-state index in [1.807, 2.05) is 5.32 Å². The van der Waals surface area contributed by atoms with Crippen LogP contribution in [0.5, 0.6) is 0 Å². The minimum Gasteiger partial charge on any atom is -0.461 e. The van der Waals surface area contributed by atoms with Gasteiger partial charge in [-0.15, -0.1) is 0 Å². The number of hydrogen-bond acceptors (Lipinski definition) is 4. The zero-order valence-electron chi connectivity index (χ0n) is 10.2. The summed E-state index contributed by atoms with van der Waals surface area (Å²) >= 11 is 0. The van der Waals surface area contributed by atoms with Crippen LogP contribution in [0.3, 0.4) is 0 Å². The SMILES string of the molecule is CCOC(=O)c1c(C)ccn1CC(=O)NC(N)=O. The third-order valence-corrected chi connectivity index (χ3v) is 2.21. The Morgan fingerprint density at radius 1 is 1.44 bits per heavy atom. The monoisotopic (exact) mass is 253 g/mol. The van der Waals surface area contributed by atoms with E-state index in [1.54, 1.807) is 26.1 Å². The summed E-state index contributed by atoms with van der Waals surface area (Å²) in [6.45, 7) is 3.50. The van der Waals surface area contributed by atoms with Crippen LogP contribution in [0.2, 0.25) is 0 Å². The maximum atomic E-state index is 11.7. The van der Waals surface area contributed by atoms with Gasteiger partial charge >= 0.3 is 12.0 Å². The highest BCUT2D eigenvalue weighted by atomic mass is 16.5. The number of nitrogens with zero attached hydrogens (tertiary/aromatic N) is 1. The van der Waals surface area contributed by atoms with Crippen LogP contribution in [0, 0.1) is 6.92 Å². The largest absolute Gasteiger partial charge is 0.461 e. The van der Waals surface area contributed by atoms with Gasteiger partial charge in [0.2, 0.25) is 5.91 Å². The van der Waals surface area contributed by atoms with Gasteiger partial charge in [-0.05, 0) is 25.5 Å². The summed E-state index contributed by atoms with van der Waals surface area (Å²) in [6, 6.07) is 0.755. The van der Waals surface area contributed by atoms with Gasteiger partial charge < -0.3 is 15.0 Å². The first-order chi connectivity index (χ1) is 8.45. The lowest BCUT2D eigenvalue weighted by molar-refractivity contribution is -0.120. The molecule has 0 atom stereocenters. The van der Waals surface area contributed by atoms with E-state index in [9.17, 15) is 14.4 Å². The molecule has 0 unspecified atom stereocenters. The van der Waals surface area contributed by atoms with Crippen LogP contribution in [0.4, 0.5) is 4.79 Å². The summed E-state index contributed by atoms with van der Waals surface area (Å²) in [5.41, 5.74) is 5.81. The minimum absolute atomic E-state index is 0.176. The number of nitrogens with two attached hydrogens (primary N) is 1. The standard InChI is InChI=1S/C11H15N3O4/c1-3-18-10(16)9-7(2)4-5-14(9)6-8(15)13-11(12)17/h4-5H,3,6H2,1-2H3,(H3,12,13,15,17). The number of ether oxygens (including phenoxy) is 1. The molecule has 3 amide bonds. The molecule has 0 saturated carbocycles. The van der Waals surface area contributed by atoms with Crippen LogP contribution < -0.4 is 11.1 Å².